The molecule has 200 valence electrons. The molecule has 0 saturated heterocycles. The highest BCUT2D eigenvalue weighted by molar-refractivity contribution is 5.96. The Balaban J connectivity index is 1.65. The summed E-state index contributed by atoms with van der Waals surface area (Å²) >= 11 is 0. The fraction of sp³-hybridized carbons (Fsp3) is 0.484. The molecular formula is C31H42N2O4. The summed E-state index contributed by atoms with van der Waals surface area (Å²) in [7, 11) is 1.36. The predicted molar refractivity (Wildman–Crippen MR) is 151 cm³/mol. The number of pyridine rings is 1. The van der Waals surface area contributed by atoms with Crippen molar-refractivity contribution in [2.75, 3.05) is 25.6 Å². The Hall–Kier alpha value is -3.28. The van der Waals surface area contributed by atoms with Crippen LogP contribution in [-0.2, 0) is 11.3 Å². The Morgan fingerprint density at radius 2 is 1.70 bits per heavy atom. The molecular weight excluding hydrogens is 464 g/mol. The maximum Gasteiger partial charge on any atom is 0.356 e. The number of ether oxygens (including phenoxy) is 3. The lowest BCUT2D eigenvalue weighted by Crippen LogP contribution is -2.09. The number of carbonyl (C=O) groups is 1. The summed E-state index contributed by atoms with van der Waals surface area (Å²) in [5.74, 6) is 1.44. The molecule has 0 aliphatic rings. The molecule has 0 saturated carbocycles. The summed E-state index contributed by atoms with van der Waals surface area (Å²) in [6.45, 7) is 10.4. The zero-order chi connectivity index (χ0) is 26.6. The summed E-state index contributed by atoms with van der Waals surface area (Å²) in [6.07, 6.45) is 7.55. The van der Waals surface area contributed by atoms with Crippen LogP contribution in [0.5, 0.6) is 11.5 Å². The lowest BCUT2D eigenvalue weighted by Gasteiger charge is -2.16. The van der Waals surface area contributed by atoms with Gasteiger partial charge in [0.1, 0.15) is 11.5 Å². The smallest absolute Gasteiger partial charge is 0.356 e. The maximum absolute atomic E-state index is 12.3. The quantitative estimate of drug-likeness (QED) is 0.168. The summed E-state index contributed by atoms with van der Waals surface area (Å²) in [6, 6.07) is 13.9. The van der Waals surface area contributed by atoms with Crippen LogP contribution in [0.15, 0.2) is 42.5 Å². The molecule has 0 aliphatic heterocycles. The van der Waals surface area contributed by atoms with Gasteiger partial charge in [0.2, 0.25) is 0 Å². The van der Waals surface area contributed by atoms with Crippen molar-refractivity contribution in [2.45, 2.75) is 72.8 Å². The number of nitrogens with one attached hydrogen (secondary N) is 1. The molecule has 0 radical (unpaired) electrons. The van der Waals surface area contributed by atoms with E-state index in [4.69, 9.17) is 14.2 Å². The molecule has 1 aromatic heterocycles. The molecule has 6 nitrogen and oxygen atoms in total. The van der Waals surface area contributed by atoms with Crippen molar-refractivity contribution in [1.29, 1.82) is 0 Å². The van der Waals surface area contributed by atoms with Crippen LogP contribution in [0.2, 0.25) is 0 Å². The third-order valence-corrected chi connectivity index (χ3v) is 6.34. The van der Waals surface area contributed by atoms with E-state index in [1.54, 1.807) is 6.07 Å². The molecule has 0 unspecified atom stereocenters. The number of rotatable bonds is 15. The Kier molecular flexibility index (Phi) is 11.1. The van der Waals surface area contributed by atoms with Crippen LogP contribution < -0.4 is 14.8 Å². The van der Waals surface area contributed by atoms with E-state index in [-0.39, 0.29) is 5.69 Å². The molecule has 0 atom stereocenters. The number of esters is 1. The number of fused-ring (bicyclic) bond motifs is 1. The first-order valence-corrected chi connectivity index (χ1v) is 13.5. The number of carbonyl (C=O) groups excluding carboxylic acids is 1. The van der Waals surface area contributed by atoms with Crippen LogP contribution in [-0.4, -0.2) is 31.3 Å². The Morgan fingerprint density at radius 3 is 2.41 bits per heavy atom. The third-order valence-electron chi connectivity index (χ3n) is 6.34. The topological polar surface area (TPSA) is 69.7 Å². The fourth-order valence-corrected chi connectivity index (χ4v) is 4.15. The first-order valence-electron chi connectivity index (χ1n) is 13.5. The van der Waals surface area contributed by atoms with Gasteiger partial charge in [-0.3, -0.25) is 0 Å². The van der Waals surface area contributed by atoms with E-state index in [1.165, 1.54) is 39.2 Å². The van der Waals surface area contributed by atoms with Crippen LogP contribution in [0.25, 0.3) is 10.9 Å². The highest BCUT2D eigenvalue weighted by Crippen LogP contribution is 2.32. The van der Waals surface area contributed by atoms with Crippen molar-refractivity contribution in [2.24, 2.45) is 5.92 Å². The van der Waals surface area contributed by atoms with Gasteiger partial charge in [-0.2, -0.15) is 0 Å². The third kappa shape index (κ3) is 8.38. The molecule has 0 amide bonds. The van der Waals surface area contributed by atoms with Crippen molar-refractivity contribution in [3.63, 3.8) is 0 Å². The van der Waals surface area contributed by atoms with E-state index in [0.29, 0.717) is 24.8 Å². The normalized spacial score (nSPS) is 11.1. The van der Waals surface area contributed by atoms with Crippen LogP contribution in [0.4, 0.5) is 5.69 Å². The van der Waals surface area contributed by atoms with Gasteiger partial charge in [-0.15, -0.1) is 0 Å². The second-order valence-electron chi connectivity index (χ2n) is 9.95. The van der Waals surface area contributed by atoms with Crippen LogP contribution in [0.1, 0.15) is 80.9 Å². The number of aromatic nitrogens is 1. The molecule has 0 aliphatic carbocycles. The molecule has 1 N–H and O–H groups in total. The van der Waals surface area contributed by atoms with E-state index in [0.717, 1.165) is 46.5 Å². The van der Waals surface area contributed by atoms with Gasteiger partial charge < -0.3 is 19.5 Å². The SMILES string of the molecule is CCCCCCCCOc1ccc(CNc2ccc3c(OCC(C)C)cc(C(=O)OC)nc3c2C)cc1. The number of benzene rings is 2. The van der Waals surface area contributed by atoms with Gasteiger partial charge in [-0.25, -0.2) is 9.78 Å². The molecule has 3 aromatic rings. The number of nitrogens with zero attached hydrogens (tertiary/aromatic N) is 1. The number of aryl methyl sites for hydroxylation is 1. The second-order valence-corrected chi connectivity index (χ2v) is 9.95. The van der Waals surface area contributed by atoms with E-state index in [1.807, 2.05) is 31.2 Å². The first kappa shape index (κ1) is 28.3. The van der Waals surface area contributed by atoms with Gasteiger partial charge in [0, 0.05) is 23.7 Å². The average Bonchev–Trinajstić information content (AvgIpc) is 2.91. The van der Waals surface area contributed by atoms with Gasteiger partial charge in [0.25, 0.3) is 0 Å². The number of unbranched alkanes of at least 4 members (excludes halogenated alkanes) is 5. The van der Waals surface area contributed by atoms with E-state index >= 15 is 0 Å². The van der Waals surface area contributed by atoms with Crippen molar-refractivity contribution in [3.8, 4) is 11.5 Å². The number of methoxy groups -OCH3 is 1. The molecule has 0 spiro atoms. The minimum atomic E-state index is -0.479. The van der Waals surface area contributed by atoms with Gasteiger partial charge in [-0.1, -0.05) is 65.0 Å². The molecule has 6 heteroatoms. The highest BCUT2D eigenvalue weighted by atomic mass is 16.5. The summed E-state index contributed by atoms with van der Waals surface area (Å²) in [4.78, 5) is 16.9. The van der Waals surface area contributed by atoms with Crippen LogP contribution in [0, 0.1) is 12.8 Å². The van der Waals surface area contributed by atoms with Crippen molar-refractivity contribution in [1.82, 2.24) is 4.98 Å². The minimum Gasteiger partial charge on any atom is -0.494 e. The van der Waals surface area contributed by atoms with Gasteiger partial charge in [0.05, 0.1) is 25.8 Å². The predicted octanol–water partition coefficient (Wildman–Crippen LogP) is 7.72. The van der Waals surface area contributed by atoms with E-state index in [2.05, 4.69) is 43.2 Å². The summed E-state index contributed by atoms with van der Waals surface area (Å²) in [5.41, 5.74) is 4.04. The summed E-state index contributed by atoms with van der Waals surface area (Å²) in [5, 5.41) is 4.39. The van der Waals surface area contributed by atoms with Crippen LogP contribution in [0.3, 0.4) is 0 Å². The molecule has 3 rings (SSSR count). The van der Waals surface area contributed by atoms with Crippen molar-refractivity contribution >= 4 is 22.6 Å². The second kappa shape index (κ2) is 14.5. The number of hydrogen-bond donors (Lipinski definition) is 1. The van der Waals surface area contributed by atoms with Gasteiger partial charge in [-0.05, 0) is 54.7 Å². The summed E-state index contributed by atoms with van der Waals surface area (Å²) < 4.78 is 16.9. The highest BCUT2D eigenvalue weighted by Gasteiger charge is 2.16. The fourth-order valence-electron chi connectivity index (χ4n) is 4.15. The monoisotopic (exact) mass is 506 g/mol. The number of anilines is 1. The molecule has 0 fully saturated rings. The Morgan fingerprint density at radius 1 is 0.973 bits per heavy atom. The van der Waals surface area contributed by atoms with Crippen LogP contribution >= 0.6 is 0 Å². The zero-order valence-corrected chi connectivity index (χ0v) is 23.1. The zero-order valence-electron chi connectivity index (χ0n) is 23.1. The molecule has 0 bridgehead atoms. The lowest BCUT2D eigenvalue weighted by molar-refractivity contribution is 0.0594. The maximum atomic E-state index is 12.3. The van der Waals surface area contributed by atoms with E-state index in [9.17, 15) is 4.79 Å². The largest absolute Gasteiger partial charge is 0.494 e. The number of hydrogen-bond acceptors (Lipinski definition) is 6. The van der Waals surface area contributed by atoms with Gasteiger partial charge >= 0.3 is 5.97 Å². The Labute approximate surface area is 221 Å². The standard InChI is InChI=1S/C31H42N2O4/c1-6-7-8-9-10-11-18-36-25-14-12-24(13-15-25)20-32-27-17-16-26-29(37-21-22(2)3)19-28(31(34)35-5)33-30(26)23(27)4/h12-17,19,22,32H,6-11,18,20-21H2,1-5H3. The average molecular weight is 507 g/mol. The van der Waals surface area contributed by atoms with Crippen molar-refractivity contribution < 1.29 is 19.0 Å². The van der Waals surface area contributed by atoms with Gasteiger partial charge in [0.15, 0.2) is 5.69 Å². The van der Waals surface area contributed by atoms with Crippen molar-refractivity contribution in [3.05, 3.63) is 59.3 Å². The first-order chi connectivity index (χ1) is 17.9. The Bertz CT molecular complexity index is 1140. The lowest BCUT2D eigenvalue weighted by atomic mass is 10.1. The molecule has 37 heavy (non-hydrogen) atoms. The van der Waals surface area contributed by atoms with E-state index < -0.39 is 5.97 Å². The molecule has 1 heterocycles. The minimum absolute atomic E-state index is 0.241. The molecule has 2 aromatic carbocycles.